The molecule has 1 heterocycles. The molecule has 0 amide bonds. The van der Waals surface area contributed by atoms with E-state index in [2.05, 4.69) is 13.8 Å². The summed E-state index contributed by atoms with van der Waals surface area (Å²) in [5.41, 5.74) is -1.17. The highest BCUT2D eigenvalue weighted by Crippen LogP contribution is 2.69. The first-order valence-electron chi connectivity index (χ1n) is 12.7. The molecule has 4 aliphatic carbocycles. The first-order chi connectivity index (χ1) is 16.1. The molecule has 1 aliphatic heterocycles. The van der Waals surface area contributed by atoms with Gasteiger partial charge in [-0.1, -0.05) is 38.8 Å². The van der Waals surface area contributed by atoms with Crippen molar-refractivity contribution in [2.75, 3.05) is 6.61 Å². The molecular formula is C27H36O7. The van der Waals surface area contributed by atoms with E-state index in [9.17, 15) is 19.5 Å². The van der Waals surface area contributed by atoms with Gasteiger partial charge in [0.05, 0.1) is 12.2 Å². The van der Waals surface area contributed by atoms with Gasteiger partial charge in [0, 0.05) is 23.7 Å². The fourth-order valence-corrected chi connectivity index (χ4v) is 8.28. The number of Topliss-reactive ketones (excluding diaryl/α,β-unsaturated/α-hetero) is 1. The molecule has 1 N–H and O–H groups in total. The summed E-state index contributed by atoms with van der Waals surface area (Å²) in [7, 11) is 0. The summed E-state index contributed by atoms with van der Waals surface area (Å²) in [6.07, 6.45) is 8.04. The lowest BCUT2D eigenvalue weighted by molar-refractivity contribution is -0.201. The molecule has 7 nitrogen and oxygen atoms in total. The topological polar surface area (TPSA) is 99.1 Å². The quantitative estimate of drug-likeness (QED) is 0.613. The van der Waals surface area contributed by atoms with Crippen LogP contribution in [0.5, 0.6) is 0 Å². The third-order valence-electron chi connectivity index (χ3n) is 9.63. The number of ketones is 2. The Hall–Kier alpha value is -1.83. The number of aliphatic hydroxyl groups excluding tert-OH is 1. The van der Waals surface area contributed by atoms with Gasteiger partial charge in [0.1, 0.15) is 0 Å². The number of ether oxygens (including phenoxy) is 3. The third kappa shape index (κ3) is 3.16. The lowest BCUT2D eigenvalue weighted by Crippen LogP contribution is -2.63. The lowest BCUT2D eigenvalue weighted by Gasteiger charge is -2.59. The monoisotopic (exact) mass is 472 g/mol. The summed E-state index contributed by atoms with van der Waals surface area (Å²) in [6, 6.07) is 0. The average Bonchev–Trinajstić information content (AvgIpc) is 3.25. The molecule has 0 spiro atoms. The van der Waals surface area contributed by atoms with Gasteiger partial charge in [0.2, 0.25) is 5.78 Å². The molecule has 1 saturated heterocycles. The van der Waals surface area contributed by atoms with Crippen LogP contribution in [0.25, 0.3) is 0 Å². The van der Waals surface area contributed by atoms with E-state index in [1.807, 2.05) is 13.0 Å². The second-order valence-electron chi connectivity index (χ2n) is 11.3. The number of esters is 1. The summed E-state index contributed by atoms with van der Waals surface area (Å²) in [5.74, 6) is -0.538. The minimum atomic E-state index is -1.24. The first kappa shape index (κ1) is 23.9. The number of allylic oxidation sites excluding steroid dienone is 4. The Morgan fingerprint density at radius 3 is 2.76 bits per heavy atom. The van der Waals surface area contributed by atoms with Crippen molar-refractivity contribution in [3.63, 3.8) is 0 Å². The summed E-state index contributed by atoms with van der Waals surface area (Å²) < 4.78 is 18.0. The van der Waals surface area contributed by atoms with Crippen LogP contribution in [-0.4, -0.2) is 53.3 Å². The maximum atomic E-state index is 13.7. The minimum Gasteiger partial charge on any atom is -0.458 e. The Balaban J connectivity index is 1.53. The van der Waals surface area contributed by atoms with Gasteiger partial charge >= 0.3 is 5.97 Å². The van der Waals surface area contributed by atoms with Crippen LogP contribution < -0.4 is 0 Å². The molecule has 0 aromatic heterocycles. The molecule has 0 unspecified atom stereocenters. The predicted molar refractivity (Wildman–Crippen MR) is 122 cm³/mol. The molecular weight excluding hydrogens is 436 g/mol. The van der Waals surface area contributed by atoms with E-state index < -0.39 is 35.5 Å². The zero-order chi connectivity index (χ0) is 24.5. The number of hydrogen-bond acceptors (Lipinski definition) is 7. The molecule has 186 valence electrons. The van der Waals surface area contributed by atoms with Gasteiger partial charge in [0.15, 0.2) is 24.3 Å². The maximum absolute atomic E-state index is 13.7. The zero-order valence-electron chi connectivity index (χ0n) is 20.5. The van der Waals surface area contributed by atoms with Crippen molar-refractivity contribution in [2.24, 2.45) is 28.6 Å². The molecule has 4 fully saturated rings. The van der Waals surface area contributed by atoms with E-state index >= 15 is 0 Å². The van der Waals surface area contributed by atoms with Gasteiger partial charge in [-0.25, -0.2) is 0 Å². The number of carbonyl (C=O) groups is 3. The zero-order valence-corrected chi connectivity index (χ0v) is 20.5. The van der Waals surface area contributed by atoms with E-state index in [-0.39, 0.29) is 41.3 Å². The molecule has 0 bridgehead atoms. The van der Waals surface area contributed by atoms with E-state index in [1.54, 1.807) is 12.2 Å². The number of hydrogen-bond donors (Lipinski definition) is 1. The van der Waals surface area contributed by atoms with Crippen LogP contribution in [0.1, 0.15) is 66.2 Å². The average molecular weight is 473 g/mol. The number of carbonyl (C=O) groups excluding carboxylic acids is 3. The molecule has 7 heteroatoms. The van der Waals surface area contributed by atoms with Gasteiger partial charge in [-0.05, 0) is 56.1 Å². The summed E-state index contributed by atoms with van der Waals surface area (Å²) in [4.78, 5) is 37.3. The van der Waals surface area contributed by atoms with Crippen LogP contribution in [0, 0.1) is 28.6 Å². The highest BCUT2D eigenvalue weighted by atomic mass is 16.7. The van der Waals surface area contributed by atoms with Gasteiger partial charge in [-0.3, -0.25) is 14.4 Å². The normalized spacial score (nSPS) is 46.7. The second kappa shape index (κ2) is 8.10. The fourth-order valence-electron chi connectivity index (χ4n) is 8.28. The molecule has 9 atom stereocenters. The van der Waals surface area contributed by atoms with E-state index in [0.717, 1.165) is 24.8 Å². The van der Waals surface area contributed by atoms with Gasteiger partial charge in [-0.15, -0.1) is 0 Å². The van der Waals surface area contributed by atoms with Crippen molar-refractivity contribution < 1.29 is 33.7 Å². The largest absolute Gasteiger partial charge is 0.458 e. The van der Waals surface area contributed by atoms with Crippen molar-refractivity contribution in [2.45, 2.75) is 90.3 Å². The van der Waals surface area contributed by atoms with Gasteiger partial charge in [-0.2, -0.15) is 0 Å². The predicted octanol–water partition coefficient (Wildman–Crippen LogP) is 3.29. The van der Waals surface area contributed by atoms with Crippen LogP contribution in [0.2, 0.25) is 0 Å². The maximum Gasteiger partial charge on any atom is 0.303 e. The summed E-state index contributed by atoms with van der Waals surface area (Å²) in [5, 5.41) is 11.7. The van der Waals surface area contributed by atoms with Crippen LogP contribution in [-0.2, 0) is 28.6 Å². The van der Waals surface area contributed by atoms with Crippen molar-refractivity contribution in [1.29, 1.82) is 0 Å². The molecule has 5 aliphatic rings. The molecule has 0 radical (unpaired) electrons. The van der Waals surface area contributed by atoms with E-state index in [0.29, 0.717) is 19.3 Å². The van der Waals surface area contributed by atoms with Crippen LogP contribution in [0.3, 0.4) is 0 Å². The lowest BCUT2D eigenvalue weighted by atomic mass is 9.46. The number of fused-ring (bicyclic) bond motifs is 7. The second-order valence-corrected chi connectivity index (χ2v) is 11.3. The molecule has 5 rings (SSSR count). The van der Waals surface area contributed by atoms with Gasteiger partial charge < -0.3 is 19.3 Å². The Bertz CT molecular complexity index is 968. The number of aliphatic hydroxyl groups is 1. The number of rotatable bonds is 5. The van der Waals surface area contributed by atoms with Crippen molar-refractivity contribution in [3.8, 4) is 0 Å². The minimum absolute atomic E-state index is 0.00949. The molecule has 0 aromatic rings. The van der Waals surface area contributed by atoms with E-state index in [1.165, 1.54) is 6.92 Å². The summed E-state index contributed by atoms with van der Waals surface area (Å²) in [6.45, 7) is 7.18. The Morgan fingerprint density at radius 2 is 2.06 bits per heavy atom. The Kier molecular flexibility index (Phi) is 5.69. The molecule has 0 aromatic carbocycles. The standard InChI is InChI=1S/C27H36O7/c1-5-6-23-33-22-12-19-18-8-7-16-11-17(29)9-10-25(16,3)24(18)20(30)13-26(19,4)27(22,34-23)21(31)14-32-15(2)28/h9-11,18-20,22-24,30H,5-8,12-14H2,1-4H3/t18-,19-,20-,22+,23-,24-,25-,26-,27+/m0/s1. The Labute approximate surface area is 200 Å². The highest BCUT2D eigenvalue weighted by molar-refractivity contribution is 6.01. The van der Waals surface area contributed by atoms with Crippen LogP contribution in [0.4, 0.5) is 0 Å². The summed E-state index contributed by atoms with van der Waals surface area (Å²) >= 11 is 0. The van der Waals surface area contributed by atoms with Crippen molar-refractivity contribution >= 4 is 17.5 Å². The molecule has 34 heavy (non-hydrogen) atoms. The fraction of sp³-hybridized carbons (Fsp3) is 0.741. The van der Waals surface area contributed by atoms with Crippen LogP contribution in [0.15, 0.2) is 23.8 Å². The highest BCUT2D eigenvalue weighted by Gasteiger charge is 2.75. The van der Waals surface area contributed by atoms with Gasteiger partial charge in [0.25, 0.3) is 0 Å². The third-order valence-corrected chi connectivity index (χ3v) is 9.63. The SMILES string of the molecule is CCC[C@H]1O[C@@H]2C[C@H]3[C@@H]4CCC5=CC(=O)C=C[C@]5(C)[C@@H]4[C@@H](O)C[C@]3(C)[C@]2(C(=O)COC(C)=O)O1. The van der Waals surface area contributed by atoms with Crippen LogP contribution >= 0.6 is 0 Å². The van der Waals surface area contributed by atoms with Crippen molar-refractivity contribution in [3.05, 3.63) is 23.8 Å². The molecule has 3 saturated carbocycles. The Morgan fingerprint density at radius 1 is 1.29 bits per heavy atom. The van der Waals surface area contributed by atoms with E-state index in [4.69, 9.17) is 14.2 Å². The smallest absolute Gasteiger partial charge is 0.303 e. The first-order valence-corrected chi connectivity index (χ1v) is 12.7. The van der Waals surface area contributed by atoms with Crippen molar-refractivity contribution in [1.82, 2.24) is 0 Å².